The zero-order valence-corrected chi connectivity index (χ0v) is 10.7. The fourth-order valence-electron chi connectivity index (χ4n) is 1.97. The van der Waals surface area contributed by atoms with Crippen molar-refractivity contribution in [3.63, 3.8) is 0 Å². The second-order valence-corrected chi connectivity index (χ2v) is 4.31. The first-order valence-electron chi connectivity index (χ1n) is 6.05. The number of phenolic OH excluding ortho intramolecular Hbond substituents is 1. The second-order valence-electron chi connectivity index (χ2n) is 4.31. The van der Waals surface area contributed by atoms with Gasteiger partial charge in [-0.05, 0) is 18.6 Å². The summed E-state index contributed by atoms with van der Waals surface area (Å²) in [5.74, 6) is -0.201. The first kappa shape index (κ1) is 13.2. The maximum absolute atomic E-state index is 12.3. The van der Waals surface area contributed by atoms with Gasteiger partial charge in [0.1, 0.15) is 11.5 Å². The number of carbonyl (C=O) groups excluding carboxylic acids is 2. The minimum Gasteiger partial charge on any atom is -0.507 e. The number of nitrogens with one attached hydrogen (secondary N) is 1. The van der Waals surface area contributed by atoms with Gasteiger partial charge in [-0.15, -0.1) is 0 Å². The van der Waals surface area contributed by atoms with Gasteiger partial charge in [0.25, 0.3) is 5.91 Å². The van der Waals surface area contributed by atoms with Gasteiger partial charge >= 0.3 is 0 Å². The van der Waals surface area contributed by atoms with E-state index in [-0.39, 0.29) is 29.7 Å². The van der Waals surface area contributed by atoms with Crippen molar-refractivity contribution in [2.24, 2.45) is 0 Å². The average molecular weight is 264 g/mol. The molecule has 1 saturated heterocycles. The van der Waals surface area contributed by atoms with Gasteiger partial charge in [-0.3, -0.25) is 9.59 Å². The van der Waals surface area contributed by atoms with E-state index in [4.69, 9.17) is 4.74 Å². The number of rotatable bonds is 2. The minimum absolute atomic E-state index is 0.0182. The molecule has 2 amide bonds. The Hall–Kier alpha value is -2.24. The number of nitrogens with zero attached hydrogens (tertiary/aromatic N) is 1. The molecule has 6 heteroatoms. The molecule has 2 rings (SSSR count). The van der Waals surface area contributed by atoms with Crippen LogP contribution in [0.1, 0.15) is 16.8 Å². The molecule has 0 saturated carbocycles. The molecule has 1 aliphatic rings. The smallest absolute Gasteiger partial charge is 0.258 e. The number of ether oxygens (including phenoxy) is 1. The van der Waals surface area contributed by atoms with Crippen molar-refractivity contribution in [3.8, 4) is 11.5 Å². The highest BCUT2D eigenvalue weighted by atomic mass is 16.5. The van der Waals surface area contributed by atoms with Crippen molar-refractivity contribution >= 4 is 11.8 Å². The Bertz CT molecular complexity index is 501. The summed E-state index contributed by atoms with van der Waals surface area (Å²) < 4.78 is 4.96. The molecule has 0 aliphatic carbocycles. The SMILES string of the molecule is COc1ccc(C(=O)N2CCCNC(=O)C2)c(O)c1. The lowest BCUT2D eigenvalue weighted by molar-refractivity contribution is -0.121. The topological polar surface area (TPSA) is 78.9 Å². The number of hydrogen-bond acceptors (Lipinski definition) is 4. The molecular formula is C13H16N2O4. The predicted octanol–water partition coefficient (Wildman–Crippen LogP) is 0.363. The van der Waals surface area contributed by atoms with E-state index in [1.54, 1.807) is 6.07 Å². The summed E-state index contributed by atoms with van der Waals surface area (Å²) in [6, 6.07) is 4.48. The van der Waals surface area contributed by atoms with Gasteiger partial charge in [0.05, 0.1) is 19.2 Å². The van der Waals surface area contributed by atoms with Gasteiger partial charge in [0, 0.05) is 19.2 Å². The molecule has 0 radical (unpaired) electrons. The third-order valence-electron chi connectivity index (χ3n) is 2.98. The molecular weight excluding hydrogens is 248 g/mol. The molecule has 0 bridgehead atoms. The Morgan fingerprint density at radius 3 is 2.95 bits per heavy atom. The summed E-state index contributed by atoms with van der Waals surface area (Å²) in [4.78, 5) is 25.1. The largest absolute Gasteiger partial charge is 0.507 e. The fraction of sp³-hybridized carbons (Fsp3) is 0.385. The highest BCUT2D eigenvalue weighted by Gasteiger charge is 2.23. The van der Waals surface area contributed by atoms with Crippen LogP contribution in [0.15, 0.2) is 18.2 Å². The van der Waals surface area contributed by atoms with E-state index < -0.39 is 0 Å². The Morgan fingerprint density at radius 2 is 2.26 bits per heavy atom. The van der Waals surface area contributed by atoms with Crippen LogP contribution in [0.4, 0.5) is 0 Å². The Morgan fingerprint density at radius 1 is 1.47 bits per heavy atom. The summed E-state index contributed by atoms with van der Waals surface area (Å²) >= 11 is 0. The molecule has 102 valence electrons. The van der Waals surface area contributed by atoms with Gasteiger partial charge in [0.2, 0.25) is 5.91 Å². The summed E-state index contributed by atoms with van der Waals surface area (Å²) in [5, 5.41) is 12.5. The van der Waals surface area contributed by atoms with Crippen LogP contribution in [0.5, 0.6) is 11.5 Å². The van der Waals surface area contributed by atoms with E-state index in [0.717, 1.165) is 0 Å². The van der Waals surface area contributed by atoms with Crippen molar-refractivity contribution in [2.75, 3.05) is 26.7 Å². The van der Waals surface area contributed by atoms with Crippen LogP contribution in [-0.2, 0) is 4.79 Å². The summed E-state index contributed by atoms with van der Waals surface area (Å²) in [5.41, 5.74) is 0.176. The standard InChI is InChI=1S/C13H16N2O4/c1-19-9-3-4-10(11(16)7-9)13(18)15-6-2-5-14-12(17)8-15/h3-4,7,16H,2,5-6,8H2,1H3,(H,14,17). The van der Waals surface area contributed by atoms with Crippen molar-refractivity contribution < 1.29 is 19.4 Å². The van der Waals surface area contributed by atoms with E-state index >= 15 is 0 Å². The molecule has 0 spiro atoms. The minimum atomic E-state index is -0.350. The van der Waals surface area contributed by atoms with Crippen molar-refractivity contribution in [3.05, 3.63) is 23.8 Å². The summed E-state index contributed by atoms with van der Waals surface area (Å²) in [7, 11) is 1.48. The maximum Gasteiger partial charge on any atom is 0.258 e. The zero-order chi connectivity index (χ0) is 13.8. The van der Waals surface area contributed by atoms with Crippen LogP contribution in [0, 0.1) is 0 Å². The number of benzene rings is 1. The predicted molar refractivity (Wildman–Crippen MR) is 68.2 cm³/mol. The lowest BCUT2D eigenvalue weighted by Crippen LogP contribution is -2.37. The van der Waals surface area contributed by atoms with Crippen LogP contribution < -0.4 is 10.1 Å². The number of carbonyl (C=O) groups is 2. The number of aromatic hydroxyl groups is 1. The quantitative estimate of drug-likeness (QED) is 0.808. The molecule has 19 heavy (non-hydrogen) atoms. The molecule has 1 fully saturated rings. The van der Waals surface area contributed by atoms with Crippen molar-refractivity contribution in [2.45, 2.75) is 6.42 Å². The third kappa shape index (κ3) is 2.96. The summed E-state index contributed by atoms with van der Waals surface area (Å²) in [6.07, 6.45) is 0.703. The van der Waals surface area contributed by atoms with E-state index in [9.17, 15) is 14.7 Å². The average Bonchev–Trinajstić information content (AvgIpc) is 2.62. The molecule has 0 aromatic heterocycles. The normalized spacial score (nSPS) is 15.6. The number of amides is 2. The molecule has 1 aromatic carbocycles. The van der Waals surface area contributed by atoms with Crippen LogP contribution in [0.25, 0.3) is 0 Å². The van der Waals surface area contributed by atoms with Gasteiger partial charge < -0.3 is 20.1 Å². The van der Waals surface area contributed by atoms with E-state index in [1.807, 2.05) is 0 Å². The van der Waals surface area contributed by atoms with Crippen LogP contribution in [-0.4, -0.2) is 48.6 Å². The second kappa shape index (κ2) is 5.60. The zero-order valence-electron chi connectivity index (χ0n) is 10.7. The van der Waals surface area contributed by atoms with Crippen molar-refractivity contribution in [1.29, 1.82) is 0 Å². The molecule has 0 atom stereocenters. The Balaban J connectivity index is 2.20. The van der Waals surface area contributed by atoms with Crippen LogP contribution >= 0.6 is 0 Å². The highest BCUT2D eigenvalue weighted by Crippen LogP contribution is 2.24. The molecule has 2 N–H and O–H groups in total. The molecule has 1 aliphatic heterocycles. The number of hydrogen-bond donors (Lipinski definition) is 2. The van der Waals surface area contributed by atoms with E-state index in [0.29, 0.717) is 25.3 Å². The monoisotopic (exact) mass is 264 g/mol. The Kier molecular flexibility index (Phi) is 3.89. The first-order chi connectivity index (χ1) is 9.11. The van der Waals surface area contributed by atoms with E-state index in [1.165, 1.54) is 24.1 Å². The molecule has 6 nitrogen and oxygen atoms in total. The Labute approximate surface area is 111 Å². The van der Waals surface area contributed by atoms with Gasteiger partial charge in [-0.25, -0.2) is 0 Å². The van der Waals surface area contributed by atoms with Gasteiger partial charge in [-0.1, -0.05) is 0 Å². The fourth-order valence-corrected chi connectivity index (χ4v) is 1.97. The molecule has 1 heterocycles. The lowest BCUT2D eigenvalue weighted by Gasteiger charge is -2.19. The van der Waals surface area contributed by atoms with Crippen molar-refractivity contribution in [1.82, 2.24) is 10.2 Å². The first-order valence-corrected chi connectivity index (χ1v) is 6.05. The van der Waals surface area contributed by atoms with Crippen LogP contribution in [0.2, 0.25) is 0 Å². The van der Waals surface area contributed by atoms with Gasteiger partial charge in [-0.2, -0.15) is 0 Å². The molecule has 0 unspecified atom stereocenters. The molecule has 1 aromatic rings. The third-order valence-corrected chi connectivity index (χ3v) is 2.98. The highest BCUT2D eigenvalue weighted by molar-refractivity contribution is 5.99. The van der Waals surface area contributed by atoms with Crippen LogP contribution in [0.3, 0.4) is 0 Å². The number of methoxy groups -OCH3 is 1. The summed E-state index contributed by atoms with van der Waals surface area (Å²) in [6.45, 7) is 1.07. The van der Waals surface area contributed by atoms with Gasteiger partial charge in [0.15, 0.2) is 0 Å². The number of phenols is 1. The van der Waals surface area contributed by atoms with E-state index in [2.05, 4.69) is 5.32 Å². The maximum atomic E-state index is 12.3. The lowest BCUT2D eigenvalue weighted by atomic mass is 10.1.